The predicted molar refractivity (Wildman–Crippen MR) is 159 cm³/mol. The summed E-state index contributed by atoms with van der Waals surface area (Å²) in [4.78, 5) is 46.8. The second-order valence-corrected chi connectivity index (χ2v) is 11.1. The number of carbonyl (C=O) groups is 3. The maximum absolute atomic E-state index is 15.0. The van der Waals surface area contributed by atoms with Crippen molar-refractivity contribution < 1.29 is 28.2 Å². The molecule has 2 atom stereocenters. The Bertz CT molecular complexity index is 1410. The minimum absolute atomic E-state index is 0.0710. The molecule has 2 aliphatic rings. The molecule has 5 rings (SSSR count). The van der Waals surface area contributed by atoms with Gasteiger partial charge in [0.2, 0.25) is 0 Å². The van der Waals surface area contributed by atoms with Crippen LogP contribution in [-0.4, -0.2) is 85.0 Å². The Hall–Kier alpha value is -4.31. The van der Waals surface area contributed by atoms with Crippen molar-refractivity contribution >= 4 is 17.6 Å². The summed E-state index contributed by atoms with van der Waals surface area (Å²) in [6, 6.07) is 17.2. The number of hydrogen-bond donors (Lipinski definition) is 1. The molecule has 0 aliphatic carbocycles. The van der Waals surface area contributed by atoms with Gasteiger partial charge in [-0.25, -0.2) is 4.39 Å². The number of amides is 2. The first-order valence-corrected chi connectivity index (χ1v) is 14.6. The fourth-order valence-electron chi connectivity index (χ4n) is 5.67. The van der Waals surface area contributed by atoms with Crippen molar-refractivity contribution in [2.24, 2.45) is 5.92 Å². The predicted octanol–water partition coefficient (Wildman–Crippen LogP) is 4.18. The van der Waals surface area contributed by atoms with Gasteiger partial charge in [-0.05, 0) is 73.4 Å². The molecule has 2 saturated heterocycles. The lowest BCUT2D eigenvalue weighted by Gasteiger charge is -2.35. The summed E-state index contributed by atoms with van der Waals surface area (Å²) >= 11 is 0. The van der Waals surface area contributed by atoms with Gasteiger partial charge in [0.05, 0.1) is 25.8 Å². The van der Waals surface area contributed by atoms with Gasteiger partial charge in [0, 0.05) is 50.4 Å². The summed E-state index contributed by atoms with van der Waals surface area (Å²) in [6.45, 7) is 2.41. The molecule has 3 heterocycles. The summed E-state index contributed by atoms with van der Waals surface area (Å²) < 4.78 is 25.4. The molecule has 0 radical (unpaired) electrons. The Morgan fingerprint density at radius 1 is 0.860 bits per heavy atom. The minimum atomic E-state index is -1.20. The highest BCUT2D eigenvalue weighted by Crippen LogP contribution is 2.24. The number of likely N-dealkylation sites (tertiary alicyclic amines) is 2. The number of pyridine rings is 1. The molecule has 2 amide bonds. The monoisotopic (exact) mass is 588 g/mol. The number of rotatable bonds is 9. The Morgan fingerprint density at radius 2 is 1.49 bits per heavy atom. The van der Waals surface area contributed by atoms with E-state index in [1.54, 1.807) is 49.5 Å². The van der Waals surface area contributed by atoms with Gasteiger partial charge in [-0.3, -0.25) is 24.3 Å². The molecule has 2 aliphatic heterocycles. The molecule has 10 heteroatoms. The number of alkyl halides is 1. The fraction of sp³-hybridized carbons (Fsp3) is 0.394. The zero-order valence-corrected chi connectivity index (χ0v) is 24.5. The highest BCUT2D eigenvalue weighted by Gasteiger charge is 2.31. The molecule has 2 aromatic carbocycles. The summed E-state index contributed by atoms with van der Waals surface area (Å²) in [5.41, 5.74) is 2.21. The van der Waals surface area contributed by atoms with E-state index < -0.39 is 18.1 Å². The Kier molecular flexibility index (Phi) is 9.66. The van der Waals surface area contributed by atoms with Gasteiger partial charge in [-0.1, -0.05) is 12.1 Å². The third-order valence-electron chi connectivity index (χ3n) is 8.28. The van der Waals surface area contributed by atoms with Gasteiger partial charge < -0.3 is 19.7 Å². The van der Waals surface area contributed by atoms with Crippen LogP contribution in [0.1, 0.15) is 56.0 Å². The van der Waals surface area contributed by atoms with E-state index in [4.69, 9.17) is 9.47 Å². The number of nitrogens with one attached hydrogen (secondary N) is 1. The largest absolute Gasteiger partial charge is 0.497 e. The smallest absolute Gasteiger partial charge is 0.272 e. The van der Waals surface area contributed by atoms with E-state index >= 15 is 4.39 Å². The molecule has 1 aromatic heterocycles. The van der Waals surface area contributed by atoms with Gasteiger partial charge in [0.15, 0.2) is 5.78 Å². The zero-order chi connectivity index (χ0) is 30.3. The van der Waals surface area contributed by atoms with Crippen LogP contribution in [0.2, 0.25) is 0 Å². The summed E-state index contributed by atoms with van der Waals surface area (Å²) in [7, 11) is 3.20. The third kappa shape index (κ3) is 7.37. The van der Waals surface area contributed by atoms with Crippen LogP contribution in [0.15, 0.2) is 66.9 Å². The van der Waals surface area contributed by atoms with Crippen LogP contribution in [0.25, 0.3) is 0 Å². The molecule has 2 fully saturated rings. The SMILES string of the molecule is COc1ccc(CN2CCC(NC(=O)c3ccc(C(=O)N4CCC(C(=O)c5ccc(OC)cc5)CC4)nc3)C(F)C2)cc1. The Balaban J connectivity index is 1.08. The average Bonchev–Trinajstić information content (AvgIpc) is 3.06. The lowest BCUT2D eigenvalue weighted by molar-refractivity contribution is 0.0645. The van der Waals surface area contributed by atoms with Crippen LogP contribution in [-0.2, 0) is 6.54 Å². The highest BCUT2D eigenvalue weighted by atomic mass is 19.1. The number of piperidine rings is 2. The second-order valence-electron chi connectivity index (χ2n) is 11.1. The molecule has 2 unspecified atom stereocenters. The summed E-state index contributed by atoms with van der Waals surface area (Å²) in [6.07, 6.45) is 1.78. The molecule has 43 heavy (non-hydrogen) atoms. The number of halogens is 1. The quantitative estimate of drug-likeness (QED) is 0.375. The molecule has 1 N–H and O–H groups in total. The number of ketones is 1. The van der Waals surface area contributed by atoms with E-state index in [1.807, 2.05) is 29.2 Å². The summed E-state index contributed by atoms with van der Waals surface area (Å²) in [5, 5.41) is 2.80. The van der Waals surface area contributed by atoms with Crippen molar-refractivity contribution in [2.45, 2.75) is 38.0 Å². The van der Waals surface area contributed by atoms with E-state index in [0.717, 1.165) is 11.3 Å². The van der Waals surface area contributed by atoms with Gasteiger partial charge in [0.1, 0.15) is 23.4 Å². The van der Waals surface area contributed by atoms with E-state index in [1.165, 1.54) is 12.3 Å². The van der Waals surface area contributed by atoms with Crippen molar-refractivity contribution in [3.8, 4) is 11.5 Å². The van der Waals surface area contributed by atoms with E-state index in [9.17, 15) is 14.4 Å². The molecular weight excluding hydrogens is 551 g/mol. The maximum Gasteiger partial charge on any atom is 0.272 e. The van der Waals surface area contributed by atoms with E-state index in [2.05, 4.69) is 10.3 Å². The number of nitrogens with zero attached hydrogens (tertiary/aromatic N) is 3. The number of hydrogen-bond acceptors (Lipinski definition) is 7. The number of carbonyl (C=O) groups excluding carboxylic acids is 3. The van der Waals surface area contributed by atoms with E-state index in [0.29, 0.717) is 56.8 Å². The molecule has 0 bridgehead atoms. The second kappa shape index (κ2) is 13.8. The first-order valence-electron chi connectivity index (χ1n) is 14.6. The third-order valence-corrected chi connectivity index (χ3v) is 8.28. The zero-order valence-electron chi connectivity index (χ0n) is 24.5. The molecule has 0 saturated carbocycles. The van der Waals surface area contributed by atoms with Crippen molar-refractivity contribution in [2.75, 3.05) is 40.4 Å². The average molecular weight is 589 g/mol. The number of Topliss-reactive ketones (excluding diaryl/α,β-unsaturated/α-hetero) is 1. The standard InChI is InChI=1S/C33H37FN4O5/c1-42-26-8-3-22(4-9-26)20-37-16-15-29(28(34)21-37)36-32(40)25-7-12-30(35-19-25)33(41)38-17-13-24(14-18-38)31(39)23-5-10-27(43-2)11-6-23/h3-12,19,24,28-29H,13-18,20-21H2,1-2H3,(H,36,40). The number of benzene rings is 2. The van der Waals surface area contributed by atoms with Crippen LogP contribution in [0.5, 0.6) is 11.5 Å². The Labute approximate surface area is 251 Å². The highest BCUT2D eigenvalue weighted by molar-refractivity contribution is 5.99. The topological polar surface area (TPSA) is 101 Å². The Morgan fingerprint density at radius 3 is 2.07 bits per heavy atom. The van der Waals surface area contributed by atoms with Gasteiger partial charge in [-0.2, -0.15) is 0 Å². The molecule has 3 aromatic rings. The van der Waals surface area contributed by atoms with Crippen LogP contribution < -0.4 is 14.8 Å². The normalized spacial score (nSPS) is 19.5. The first kappa shape index (κ1) is 30.2. The van der Waals surface area contributed by atoms with E-state index in [-0.39, 0.29) is 35.4 Å². The van der Waals surface area contributed by atoms with Crippen molar-refractivity contribution in [1.82, 2.24) is 20.1 Å². The van der Waals surface area contributed by atoms with Crippen LogP contribution >= 0.6 is 0 Å². The van der Waals surface area contributed by atoms with Crippen LogP contribution in [0.4, 0.5) is 4.39 Å². The number of methoxy groups -OCH3 is 2. The molecule has 0 spiro atoms. The van der Waals surface area contributed by atoms with Crippen molar-refractivity contribution in [3.63, 3.8) is 0 Å². The van der Waals surface area contributed by atoms with Gasteiger partial charge >= 0.3 is 0 Å². The molecular formula is C33H37FN4O5. The maximum atomic E-state index is 15.0. The van der Waals surface area contributed by atoms with Crippen molar-refractivity contribution in [1.29, 1.82) is 0 Å². The minimum Gasteiger partial charge on any atom is -0.497 e. The molecule has 9 nitrogen and oxygen atoms in total. The van der Waals surface area contributed by atoms with Gasteiger partial charge in [0.25, 0.3) is 11.8 Å². The summed E-state index contributed by atoms with van der Waals surface area (Å²) in [5.74, 6) is 0.740. The van der Waals surface area contributed by atoms with Crippen LogP contribution in [0, 0.1) is 5.92 Å². The number of aromatic nitrogens is 1. The first-order chi connectivity index (χ1) is 20.8. The van der Waals surface area contributed by atoms with Gasteiger partial charge in [-0.15, -0.1) is 0 Å². The lowest BCUT2D eigenvalue weighted by atomic mass is 9.88. The fourth-order valence-corrected chi connectivity index (χ4v) is 5.67. The lowest BCUT2D eigenvalue weighted by Crippen LogP contribution is -2.52. The van der Waals surface area contributed by atoms with Crippen LogP contribution in [0.3, 0.4) is 0 Å². The number of ether oxygens (including phenoxy) is 2. The van der Waals surface area contributed by atoms with Crippen molar-refractivity contribution in [3.05, 3.63) is 89.2 Å². The molecule has 226 valence electrons.